The van der Waals surface area contributed by atoms with Crippen molar-refractivity contribution in [2.75, 3.05) is 17.3 Å². The van der Waals surface area contributed by atoms with E-state index in [1.165, 1.54) is 0 Å². The van der Waals surface area contributed by atoms with Crippen LogP contribution in [0.25, 0.3) is 0 Å². The number of thioether (sulfide) groups is 3. The molecule has 33 heavy (non-hydrogen) atoms. The number of nitrogens with zero attached hydrogens (tertiary/aromatic N) is 5. The summed E-state index contributed by atoms with van der Waals surface area (Å²) in [5.74, 6) is -5.02. The number of aliphatic carboxylic acids is 1. The van der Waals surface area contributed by atoms with Gasteiger partial charge in [-0.1, -0.05) is 11.8 Å². The van der Waals surface area contributed by atoms with Gasteiger partial charge in [0, 0.05) is 11.5 Å². The number of halogens is 3. The summed E-state index contributed by atoms with van der Waals surface area (Å²) in [4.78, 5) is 37.0. The Morgan fingerprint density at radius 1 is 1.33 bits per heavy atom. The van der Waals surface area contributed by atoms with Gasteiger partial charge in [-0.25, -0.2) is 9.48 Å². The van der Waals surface area contributed by atoms with Crippen LogP contribution in [0.15, 0.2) is 16.4 Å². The number of aromatic nitrogens is 4. The molecule has 3 heterocycles. The average Bonchev–Trinajstić information content (AvgIpc) is 3.12. The third-order valence-corrected chi connectivity index (χ3v) is 7.78. The summed E-state index contributed by atoms with van der Waals surface area (Å²) in [5, 5.41) is 21.3. The monoisotopic (exact) mass is 550 g/mol. The molecule has 0 aromatic carbocycles. The molecule has 3 rings (SSSR count). The van der Waals surface area contributed by atoms with Crippen molar-refractivity contribution >= 4 is 63.2 Å². The number of carbonyl (C=O) groups excluding carboxylic acids is 2. The van der Waals surface area contributed by atoms with Crippen LogP contribution in [0, 0.1) is 0 Å². The number of alkyl halides is 3. The topological polar surface area (TPSA) is 185 Å². The van der Waals surface area contributed by atoms with Gasteiger partial charge in [-0.05, 0) is 27.8 Å². The highest BCUT2D eigenvalue weighted by Crippen LogP contribution is 2.41. The van der Waals surface area contributed by atoms with E-state index in [9.17, 15) is 41.1 Å². The molecule has 2 amide bonds. The van der Waals surface area contributed by atoms with Gasteiger partial charge < -0.3 is 10.4 Å². The first-order valence-corrected chi connectivity index (χ1v) is 13.1. The first kappa shape index (κ1) is 25.6. The first-order valence-electron chi connectivity index (χ1n) is 8.51. The van der Waals surface area contributed by atoms with Crippen LogP contribution in [-0.2, 0) is 30.4 Å². The van der Waals surface area contributed by atoms with Gasteiger partial charge in [0.2, 0.25) is 11.1 Å². The second-order valence-electron chi connectivity index (χ2n) is 6.41. The average molecular weight is 551 g/mol. The number of amides is 2. The molecule has 0 aliphatic carbocycles. The molecule has 2 atom stereocenters. The summed E-state index contributed by atoms with van der Waals surface area (Å²) in [6.07, 6.45) is 0. The molecule has 20 heteroatoms. The molecule has 1 aromatic heterocycles. The SMILES string of the molecule is O=C(CSC(F)(F)F)NC1C(=O)N2C(C(=O)O)=C(CSc3nnnn3CS(=O)(=O)O)CS[C@H]12. The molecular formula is C13H13F3N6O7S4. The molecule has 0 radical (unpaired) electrons. The van der Waals surface area contributed by atoms with Crippen LogP contribution < -0.4 is 5.32 Å². The van der Waals surface area contributed by atoms with Crippen molar-refractivity contribution < 1.29 is 45.6 Å². The van der Waals surface area contributed by atoms with Crippen molar-refractivity contribution in [2.45, 2.75) is 28.0 Å². The van der Waals surface area contributed by atoms with Crippen LogP contribution in [0.1, 0.15) is 0 Å². The maximum atomic E-state index is 12.5. The van der Waals surface area contributed by atoms with Gasteiger partial charge in [-0.3, -0.25) is 19.0 Å². The number of carboxylic acids is 1. The summed E-state index contributed by atoms with van der Waals surface area (Å²) in [6.45, 7) is 0. The van der Waals surface area contributed by atoms with Crippen molar-refractivity contribution in [3.8, 4) is 0 Å². The Hall–Kier alpha value is -2.03. The maximum absolute atomic E-state index is 12.5. The number of carboxylic acid groups (broad SMARTS) is 1. The fraction of sp³-hybridized carbons (Fsp3) is 0.538. The number of hydrogen-bond donors (Lipinski definition) is 3. The van der Waals surface area contributed by atoms with Gasteiger partial charge in [0.15, 0.2) is 5.88 Å². The molecule has 2 aliphatic heterocycles. The number of tetrazole rings is 1. The molecule has 0 bridgehead atoms. The summed E-state index contributed by atoms with van der Waals surface area (Å²) in [6, 6.07) is -1.16. The van der Waals surface area contributed by atoms with Crippen LogP contribution in [0.4, 0.5) is 13.2 Å². The van der Waals surface area contributed by atoms with Crippen LogP contribution >= 0.6 is 35.3 Å². The number of hydrogen-bond acceptors (Lipinski definition) is 11. The molecule has 1 unspecified atom stereocenters. The number of β-lactam (4-membered cyclic amide) rings is 1. The van der Waals surface area contributed by atoms with Crippen LogP contribution in [0.5, 0.6) is 0 Å². The lowest BCUT2D eigenvalue weighted by Gasteiger charge is -2.49. The third kappa shape index (κ3) is 6.31. The van der Waals surface area contributed by atoms with Crippen molar-refractivity contribution in [1.29, 1.82) is 0 Å². The van der Waals surface area contributed by atoms with Crippen molar-refractivity contribution in [1.82, 2.24) is 30.4 Å². The fourth-order valence-electron chi connectivity index (χ4n) is 2.84. The second kappa shape index (κ2) is 9.68. The lowest BCUT2D eigenvalue weighted by Crippen LogP contribution is -2.70. The molecule has 1 aromatic rings. The zero-order chi connectivity index (χ0) is 24.6. The Morgan fingerprint density at radius 3 is 2.64 bits per heavy atom. The largest absolute Gasteiger partial charge is 0.477 e. The smallest absolute Gasteiger partial charge is 0.442 e. The van der Waals surface area contributed by atoms with E-state index in [0.717, 1.165) is 33.1 Å². The second-order valence-corrected chi connectivity index (χ2v) is 10.9. The Kier molecular flexibility index (Phi) is 7.51. The summed E-state index contributed by atoms with van der Waals surface area (Å²) in [5.41, 5.74) is -4.68. The van der Waals surface area contributed by atoms with E-state index in [-0.39, 0.29) is 27.9 Å². The van der Waals surface area contributed by atoms with Gasteiger partial charge in [0.25, 0.3) is 16.0 Å². The highest BCUT2D eigenvalue weighted by molar-refractivity contribution is 8.01. The molecular weight excluding hydrogens is 537 g/mol. The lowest BCUT2D eigenvalue weighted by atomic mass is 10.0. The van der Waals surface area contributed by atoms with Crippen molar-refractivity contribution in [2.24, 2.45) is 0 Å². The normalized spacial score (nSPS) is 21.0. The number of carbonyl (C=O) groups is 3. The Bertz CT molecular complexity index is 1110. The molecule has 0 saturated carbocycles. The fourth-order valence-corrected chi connectivity index (χ4v) is 6.15. The summed E-state index contributed by atoms with van der Waals surface area (Å²) >= 11 is 1.42. The standard InChI is InChI=1S/C13H13F3N6O7S4/c14-13(15,16)32-3-6(23)17-7-9(24)22-8(11(25)26)5(1-30-10(7)22)2-31-12-18-19-20-21(12)4-33(27,28)29/h7,10H,1-4H2,(H,17,23)(H,25,26)(H,27,28,29)/t7?,10-/m1/s1. The van der Waals surface area contributed by atoms with Gasteiger partial charge >= 0.3 is 11.5 Å². The van der Waals surface area contributed by atoms with Gasteiger partial charge in [-0.2, -0.15) is 21.6 Å². The van der Waals surface area contributed by atoms with E-state index in [1.807, 2.05) is 0 Å². The van der Waals surface area contributed by atoms with Crippen LogP contribution in [-0.4, -0.2) is 95.2 Å². The molecule has 1 saturated heterocycles. The predicted molar refractivity (Wildman–Crippen MR) is 108 cm³/mol. The highest BCUT2D eigenvalue weighted by Gasteiger charge is 2.54. The van der Waals surface area contributed by atoms with E-state index < -0.39 is 68.2 Å². The maximum Gasteiger partial charge on any atom is 0.442 e. The Labute approximate surface area is 195 Å². The number of fused-ring (bicyclic) bond motifs is 1. The van der Waals surface area contributed by atoms with Gasteiger partial charge in [0.05, 0.1) is 5.75 Å². The van der Waals surface area contributed by atoms with Gasteiger partial charge in [0.1, 0.15) is 17.1 Å². The zero-order valence-electron chi connectivity index (χ0n) is 15.9. The van der Waals surface area contributed by atoms with E-state index in [1.54, 1.807) is 0 Å². The zero-order valence-corrected chi connectivity index (χ0v) is 19.2. The van der Waals surface area contributed by atoms with Crippen LogP contribution in [0.3, 0.4) is 0 Å². The third-order valence-electron chi connectivity index (χ3n) is 4.09. The quantitative estimate of drug-likeness (QED) is 0.205. The predicted octanol–water partition coefficient (Wildman–Crippen LogP) is -0.398. The lowest BCUT2D eigenvalue weighted by molar-refractivity contribution is -0.150. The minimum absolute atomic E-state index is 0.0285. The Morgan fingerprint density at radius 2 is 2.03 bits per heavy atom. The van der Waals surface area contributed by atoms with Crippen molar-refractivity contribution in [3.05, 3.63) is 11.3 Å². The number of nitrogens with one attached hydrogen (secondary N) is 1. The molecule has 2 aliphatic rings. The molecule has 182 valence electrons. The van der Waals surface area contributed by atoms with E-state index in [2.05, 4.69) is 20.8 Å². The molecule has 3 N–H and O–H groups in total. The van der Waals surface area contributed by atoms with E-state index in [4.69, 9.17) is 4.55 Å². The molecule has 0 spiro atoms. The minimum Gasteiger partial charge on any atom is -0.477 e. The van der Waals surface area contributed by atoms with E-state index in [0.29, 0.717) is 0 Å². The first-order chi connectivity index (χ1) is 15.3. The summed E-state index contributed by atoms with van der Waals surface area (Å²) < 4.78 is 68.5. The minimum atomic E-state index is -4.61. The molecule has 13 nitrogen and oxygen atoms in total. The van der Waals surface area contributed by atoms with Gasteiger partial charge in [-0.15, -0.1) is 16.9 Å². The molecule has 1 fully saturated rings. The van der Waals surface area contributed by atoms with Crippen molar-refractivity contribution in [3.63, 3.8) is 0 Å². The van der Waals surface area contributed by atoms with Crippen LogP contribution in [0.2, 0.25) is 0 Å². The number of rotatable bonds is 9. The Balaban J connectivity index is 1.69. The van der Waals surface area contributed by atoms with E-state index >= 15 is 0 Å². The highest BCUT2D eigenvalue weighted by atomic mass is 32.2. The summed E-state index contributed by atoms with van der Waals surface area (Å²) in [7, 11) is -4.43.